The molecule has 0 spiro atoms. The molecular formula is C19H20N2O4. The summed E-state index contributed by atoms with van der Waals surface area (Å²) in [4.78, 5) is 37.9. The number of nitrogens with one attached hydrogen (secondary N) is 1. The van der Waals surface area contributed by atoms with Crippen molar-refractivity contribution in [2.45, 2.75) is 32.4 Å². The van der Waals surface area contributed by atoms with E-state index in [4.69, 9.17) is 4.74 Å². The Morgan fingerprint density at radius 1 is 1.24 bits per heavy atom. The van der Waals surface area contributed by atoms with E-state index in [-0.39, 0.29) is 11.8 Å². The zero-order chi connectivity index (χ0) is 18.1. The van der Waals surface area contributed by atoms with Gasteiger partial charge < -0.3 is 10.1 Å². The van der Waals surface area contributed by atoms with E-state index in [9.17, 15) is 14.4 Å². The van der Waals surface area contributed by atoms with Gasteiger partial charge in [-0.3, -0.25) is 14.5 Å². The molecule has 2 amide bonds. The number of anilines is 1. The minimum absolute atomic E-state index is 0.285. The molecule has 1 heterocycles. The first-order chi connectivity index (χ1) is 11.9. The number of carbonyl (C=O) groups excluding carboxylic acids is 3. The van der Waals surface area contributed by atoms with Crippen molar-refractivity contribution >= 4 is 34.2 Å². The maximum absolute atomic E-state index is 12.9. The van der Waals surface area contributed by atoms with Crippen LogP contribution in [0.3, 0.4) is 0 Å². The van der Waals surface area contributed by atoms with Crippen LogP contribution < -0.4 is 10.2 Å². The number of amides is 2. The van der Waals surface area contributed by atoms with E-state index in [1.807, 2.05) is 36.4 Å². The lowest BCUT2D eigenvalue weighted by atomic mass is 9.91. The van der Waals surface area contributed by atoms with Crippen molar-refractivity contribution in [3.63, 3.8) is 0 Å². The zero-order valence-corrected chi connectivity index (χ0v) is 14.4. The number of ether oxygens (including phenoxy) is 1. The Hall–Kier alpha value is -2.89. The maximum Gasteiger partial charge on any atom is 0.328 e. The van der Waals surface area contributed by atoms with Crippen LogP contribution in [0.5, 0.6) is 0 Å². The van der Waals surface area contributed by atoms with E-state index in [2.05, 4.69) is 5.32 Å². The number of fused-ring (bicyclic) bond motifs is 3. The number of hydrogen-bond donors (Lipinski definition) is 1. The lowest BCUT2D eigenvalue weighted by molar-refractivity contribution is -0.143. The predicted octanol–water partition coefficient (Wildman–Crippen LogP) is 1.80. The van der Waals surface area contributed by atoms with Crippen LogP contribution in [0.1, 0.15) is 19.4 Å². The summed E-state index contributed by atoms with van der Waals surface area (Å²) >= 11 is 0. The number of nitrogens with zero attached hydrogens (tertiary/aromatic N) is 1. The Labute approximate surface area is 145 Å². The topological polar surface area (TPSA) is 75.7 Å². The van der Waals surface area contributed by atoms with Gasteiger partial charge in [0.2, 0.25) is 5.91 Å². The fraction of sp³-hybridized carbons (Fsp3) is 0.316. The molecule has 0 aliphatic carbocycles. The summed E-state index contributed by atoms with van der Waals surface area (Å²) in [5.41, 5.74) is 1.62. The summed E-state index contributed by atoms with van der Waals surface area (Å²) in [5, 5.41) is 4.75. The van der Waals surface area contributed by atoms with E-state index < -0.39 is 18.1 Å². The van der Waals surface area contributed by atoms with Crippen LogP contribution >= 0.6 is 0 Å². The molecule has 0 unspecified atom stereocenters. The van der Waals surface area contributed by atoms with Gasteiger partial charge in [0.05, 0.1) is 7.11 Å². The summed E-state index contributed by atoms with van der Waals surface area (Å²) in [6.07, 6.45) is 0.388. The SMILES string of the molecule is COC(=O)[C@H](C)N1C(=O)[C@H](NC(C)=O)Cc2c1ccc1ccccc21. The molecular weight excluding hydrogens is 320 g/mol. The van der Waals surface area contributed by atoms with Crippen LogP contribution in [0.25, 0.3) is 10.8 Å². The highest BCUT2D eigenvalue weighted by atomic mass is 16.5. The van der Waals surface area contributed by atoms with Crippen molar-refractivity contribution in [3.8, 4) is 0 Å². The number of carbonyl (C=O) groups is 3. The highest BCUT2D eigenvalue weighted by molar-refractivity contribution is 6.08. The Balaban J connectivity index is 2.17. The molecule has 130 valence electrons. The second kappa shape index (κ2) is 6.55. The molecule has 1 N–H and O–H groups in total. The lowest BCUT2D eigenvalue weighted by Gasteiger charge is -2.37. The summed E-state index contributed by atoms with van der Waals surface area (Å²) in [5.74, 6) is -1.10. The van der Waals surface area contributed by atoms with E-state index in [1.165, 1.54) is 18.9 Å². The van der Waals surface area contributed by atoms with Crippen LogP contribution in [0.15, 0.2) is 36.4 Å². The quantitative estimate of drug-likeness (QED) is 0.865. The average Bonchev–Trinajstić information content (AvgIpc) is 2.60. The second-order valence-corrected chi connectivity index (χ2v) is 6.15. The van der Waals surface area contributed by atoms with E-state index in [0.717, 1.165) is 16.3 Å². The Bertz CT molecular complexity index is 862. The normalized spacial score (nSPS) is 17.8. The van der Waals surface area contributed by atoms with Gasteiger partial charge in [-0.2, -0.15) is 0 Å². The van der Waals surface area contributed by atoms with Gasteiger partial charge >= 0.3 is 5.97 Å². The molecule has 3 rings (SSSR count). The minimum atomic E-state index is -0.783. The zero-order valence-electron chi connectivity index (χ0n) is 14.4. The number of esters is 1. The molecule has 6 nitrogen and oxygen atoms in total. The summed E-state index contributed by atoms with van der Waals surface area (Å²) < 4.78 is 4.81. The van der Waals surface area contributed by atoms with Gasteiger partial charge in [0, 0.05) is 19.0 Å². The second-order valence-electron chi connectivity index (χ2n) is 6.15. The largest absolute Gasteiger partial charge is 0.467 e. The van der Waals surface area contributed by atoms with E-state index in [1.54, 1.807) is 6.92 Å². The van der Waals surface area contributed by atoms with Gasteiger partial charge in [0.25, 0.3) is 5.91 Å². The van der Waals surface area contributed by atoms with Gasteiger partial charge in [0.15, 0.2) is 0 Å². The molecule has 2 atom stereocenters. The van der Waals surface area contributed by atoms with Gasteiger partial charge in [-0.1, -0.05) is 30.3 Å². The third kappa shape index (κ3) is 2.95. The molecule has 0 fully saturated rings. The molecule has 6 heteroatoms. The van der Waals surface area contributed by atoms with Crippen LogP contribution in [0.2, 0.25) is 0 Å². The van der Waals surface area contributed by atoms with Crippen LogP contribution in [-0.4, -0.2) is 37.0 Å². The fourth-order valence-corrected chi connectivity index (χ4v) is 3.38. The third-order valence-corrected chi connectivity index (χ3v) is 4.53. The van der Waals surface area contributed by atoms with E-state index in [0.29, 0.717) is 12.1 Å². The highest BCUT2D eigenvalue weighted by Gasteiger charge is 2.39. The third-order valence-electron chi connectivity index (χ3n) is 4.53. The lowest BCUT2D eigenvalue weighted by Crippen LogP contribution is -2.56. The standard InChI is InChI=1S/C19H20N2O4/c1-11(19(24)25-3)21-17-9-8-13-6-4-5-7-14(13)15(17)10-16(18(21)23)20-12(2)22/h4-9,11,16H,10H2,1-3H3,(H,20,22)/t11-,16+/m0/s1. The molecule has 0 radical (unpaired) electrons. The molecule has 0 aromatic heterocycles. The maximum atomic E-state index is 12.9. The van der Waals surface area contributed by atoms with Crippen molar-refractivity contribution in [2.75, 3.05) is 12.0 Å². The smallest absolute Gasteiger partial charge is 0.328 e. The first kappa shape index (κ1) is 17.0. The number of benzene rings is 2. The predicted molar refractivity (Wildman–Crippen MR) is 94.2 cm³/mol. The van der Waals surface area contributed by atoms with E-state index >= 15 is 0 Å². The van der Waals surface area contributed by atoms with Crippen molar-refractivity contribution in [3.05, 3.63) is 42.0 Å². The Morgan fingerprint density at radius 3 is 2.64 bits per heavy atom. The van der Waals surface area contributed by atoms with Gasteiger partial charge in [-0.15, -0.1) is 0 Å². The Morgan fingerprint density at radius 2 is 1.96 bits per heavy atom. The van der Waals surface area contributed by atoms with Crippen molar-refractivity contribution in [1.29, 1.82) is 0 Å². The molecule has 1 aliphatic rings. The molecule has 0 saturated carbocycles. The van der Waals surface area contributed by atoms with Crippen molar-refractivity contribution in [2.24, 2.45) is 0 Å². The monoisotopic (exact) mass is 340 g/mol. The summed E-state index contributed by atoms with van der Waals surface area (Å²) in [6, 6.07) is 10.1. The Kier molecular flexibility index (Phi) is 4.44. The first-order valence-electron chi connectivity index (χ1n) is 8.12. The van der Waals surface area contributed by atoms with Crippen LogP contribution in [-0.2, 0) is 25.5 Å². The minimum Gasteiger partial charge on any atom is -0.467 e. The summed E-state index contributed by atoms with van der Waals surface area (Å²) in [7, 11) is 1.29. The fourth-order valence-electron chi connectivity index (χ4n) is 3.38. The van der Waals surface area contributed by atoms with Gasteiger partial charge in [0.1, 0.15) is 12.1 Å². The van der Waals surface area contributed by atoms with Crippen LogP contribution in [0.4, 0.5) is 5.69 Å². The van der Waals surface area contributed by atoms with Crippen molar-refractivity contribution < 1.29 is 19.1 Å². The molecule has 1 aliphatic heterocycles. The highest BCUT2D eigenvalue weighted by Crippen LogP contribution is 2.35. The number of hydrogen-bond acceptors (Lipinski definition) is 4. The first-order valence-corrected chi connectivity index (χ1v) is 8.12. The molecule has 25 heavy (non-hydrogen) atoms. The molecule has 0 saturated heterocycles. The average molecular weight is 340 g/mol. The van der Waals surface area contributed by atoms with Crippen LogP contribution in [0, 0.1) is 0 Å². The van der Waals surface area contributed by atoms with Crippen molar-refractivity contribution in [1.82, 2.24) is 5.32 Å². The molecule has 2 aromatic carbocycles. The number of rotatable bonds is 3. The molecule has 2 aromatic rings. The van der Waals surface area contributed by atoms with Gasteiger partial charge in [-0.25, -0.2) is 4.79 Å². The molecule has 0 bridgehead atoms. The number of methoxy groups -OCH3 is 1. The summed E-state index contributed by atoms with van der Waals surface area (Å²) in [6.45, 7) is 3.00. The van der Waals surface area contributed by atoms with Gasteiger partial charge in [-0.05, 0) is 29.3 Å².